The van der Waals surface area contributed by atoms with E-state index in [1.54, 1.807) is 25.4 Å². The number of ether oxygens (including phenoxy) is 2. The van der Waals surface area contributed by atoms with Crippen LogP contribution in [-0.2, 0) is 27.3 Å². The Bertz CT molecular complexity index is 1070. The van der Waals surface area contributed by atoms with Gasteiger partial charge in [-0.15, -0.1) is 0 Å². The second-order valence-corrected chi connectivity index (χ2v) is 7.42. The van der Waals surface area contributed by atoms with E-state index in [1.165, 1.54) is 17.0 Å². The standard InChI is InChI=1S/C24H24F2N2O5/c1-16-3-7-18(8-4-16)20-13-27-21(33-20)11-12-23(30)31-15-22(29)28(2)14-17-5-9-19(10-6-17)32-24(25)26/h3-10,13,24H,11-12,14-15H2,1-2H3. The van der Waals surface area contributed by atoms with Crippen molar-refractivity contribution in [2.24, 2.45) is 0 Å². The van der Waals surface area contributed by atoms with Crippen molar-refractivity contribution in [3.05, 3.63) is 71.7 Å². The van der Waals surface area contributed by atoms with Gasteiger partial charge in [-0.3, -0.25) is 9.59 Å². The Morgan fingerprint density at radius 3 is 2.45 bits per heavy atom. The van der Waals surface area contributed by atoms with Gasteiger partial charge in [0.2, 0.25) is 0 Å². The number of nitrogens with zero attached hydrogens (tertiary/aromatic N) is 2. The van der Waals surface area contributed by atoms with Crippen molar-refractivity contribution in [3.8, 4) is 17.1 Å². The average Bonchev–Trinajstić information content (AvgIpc) is 3.26. The molecule has 174 valence electrons. The van der Waals surface area contributed by atoms with Gasteiger partial charge in [-0.2, -0.15) is 8.78 Å². The third kappa shape index (κ3) is 7.41. The summed E-state index contributed by atoms with van der Waals surface area (Å²) < 4.78 is 39.4. The highest BCUT2D eigenvalue weighted by Gasteiger charge is 2.14. The van der Waals surface area contributed by atoms with Crippen LogP contribution in [0.5, 0.6) is 5.75 Å². The number of hydrogen-bond donors (Lipinski definition) is 0. The fraction of sp³-hybridized carbons (Fsp3) is 0.292. The van der Waals surface area contributed by atoms with Gasteiger partial charge in [0, 0.05) is 25.6 Å². The number of alkyl halides is 2. The van der Waals surface area contributed by atoms with Gasteiger partial charge in [0.1, 0.15) is 5.75 Å². The smallest absolute Gasteiger partial charge is 0.387 e. The third-order valence-electron chi connectivity index (χ3n) is 4.78. The molecule has 2 aromatic carbocycles. The zero-order valence-electron chi connectivity index (χ0n) is 18.3. The molecule has 0 aliphatic rings. The fourth-order valence-corrected chi connectivity index (χ4v) is 2.95. The normalized spacial score (nSPS) is 10.8. The van der Waals surface area contributed by atoms with Crippen molar-refractivity contribution < 1.29 is 32.3 Å². The van der Waals surface area contributed by atoms with Crippen LogP contribution in [-0.4, -0.2) is 42.0 Å². The van der Waals surface area contributed by atoms with Gasteiger partial charge >= 0.3 is 12.6 Å². The minimum absolute atomic E-state index is 0.0243. The number of benzene rings is 2. The number of esters is 1. The first-order valence-electron chi connectivity index (χ1n) is 10.3. The number of carbonyl (C=O) groups is 2. The highest BCUT2D eigenvalue weighted by Crippen LogP contribution is 2.21. The molecule has 7 nitrogen and oxygen atoms in total. The van der Waals surface area contributed by atoms with Crippen molar-refractivity contribution in [2.45, 2.75) is 32.9 Å². The predicted octanol–water partition coefficient (Wildman–Crippen LogP) is 4.39. The van der Waals surface area contributed by atoms with Crippen LogP contribution in [0.4, 0.5) is 8.78 Å². The number of likely N-dealkylation sites (N-methyl/N-ethyl adjacent to an activating group) is 1. The summed E-state index contributed by atoms with van der Waals surface area (Å²) in [5.41, 5.74) is 2.75. The number of aromatic nitrogens is 1. The van der Waals surface area contributed by atoms with Crippen LogP contribution in [0.25, 0.3) is 11.3 Å². The van der Waals surface area contributed by atoms with Crippen LogP contribution < -0.4 is 4.74 Å². The van der Waals surface area contributed by atoms with Gasteiger partial charge in [0.05, 0.1) is 12.6 Å². The Morgan fingerprint density at radius 1 is 1.09 bits per heavy atom. The lowest BCUT2D eigenvalue weighted by molar-refractivity contribution is -0.151. The van der Waals surface area contributed by atoms with E-state index in [9.17, 15) is 18.4 Å². The highest BCUT2D eigenvalue weighted by molar-refractivity contribution is 5.80. The maximum absolute atomic E-state index is 12.2. The summed E-state index contributed by atoms with van der Waals surface area (Å²) in [6.45, 7) is -1.07. The fourth-order valence-electron chi connectivity index (χ4n) is 2.95. The summed E-state index contributed by atoms with van der Waals surface area (Å²) in [6.07, 6.45) is 1.88. The van der Waals surface area contributed by atoms with Crippen molar-refractivity contribution in [1.82, 2.24) is 9.88 Å². The Hall–Kier alpha value is -3.75. The molecule has 33 heavy (non-hydrogen) atoms. The lowest BCUT2D eigenvalue weighted by Gasteiger charge is -2.17. The summed E-state index contributed by atoms with van der Waals surface area (Å²) >= 11 is 0. The van der Waals surface area contributed by atoms with Crippen molar-refractivity contribution in [1.29, 1.82) is 0 Å². The van der Waals surface area contributed by atoms with Gasteiger partial charge in [0.25, 0.3) is 5.91 Å². The minimum atomic E-state index is -2.89. The molecule has 0 aliphatic carbocycles. The zero-order chi connectivity index (χ0) is 23.8. The van der Waals surface area contributed by atoms with Crippen LogP contribution in [0.3, 0.4) is 0 Å². The van der Waals surface area contributed by atoms with Crippen LogP contribution in [0.2, 0.25) is 0 Å². The molecular formula is C24H24F2N2O5. The maximum atomic E-state index is 12.2. The first-order chi connectivity index (χ1) is 15.8. The number of hydrogen-bond acceptors (Lipinski definition) is 6. The number of aryl methyl sites for hydroxylation is 2. The molecule has 0 saturated heterocycles. The Kier molecular flexibility index (Phi) is 8.12. The molecule has 0 atom stereocenters. The van der Waals surface area contributed by atoms with Crippen molar-refractivity contribution in [2.75, 3.05) is 13.7 Å². The highest BCUT2D eigenvalue weighted by atomic mass is 19.3. The van der Waals surface area contributed by atoms with Crippen LogP contribution in [0, 0.1) is 6.92 Å². The lowest BCUT2D eigenvalue weighted by Crippen LogP contribution is -2.30. The predicted molar refractivity (Wildman–Crippen MR) is 116 cm³/mol. The van der Waals surface area contributed by atoms with Crippen LogP contribution >= 0.6 is 0 Å². The summed E-state index contributed by atoms with van der Waals surface area (Å²) in [7, 11) is 1.55. The molecular weight excluding hydrogens is 434 g/mol. The van der Waals surface area contributed by atoms with Gasteiger partial charge in [-0.1, -0.05) is 42.0 Å². The number of halogens is 2. The van der Waals surface area contributed by atoms with E-state index in [0.717, 1.165) is 11.1 Å². The molecule has 0 bridgehead atoms. The van der Waals surface area contributed by atoms with E-state index in [0.29, 0.717) is 17.2 Å². The quantitative estimate of drug-likeness (QED) is 0.419. The number of rotatable bonds is 10. The van der Waals surface area contributed by atoms with E-state index < -0.39 is 25.1 Å². The molecule has 0 radical (unpaired) electrons. The third-order valence-corrected chi connectivity index (χ3v) is 4.78. The molecule has 1 amide bonds. The van der Waals surface area contributed by atoms with E-state index >= 15 is 0 Å². The van der Waals surface area contributed by atoms with Gasteiger partial charge in [-0.05, 0) is 24.6 Å². The van der Waals surface area contributed by atoms with Crippen molar-refractivity contribution in [3.63, 3.8) is 0 Å². The molecule has 0 saturated carbocycles. The Morgan fingerprint density at radius 2 is 1.79 bits per heavy atom. The lowest BCUT2D eigenvalue weighted by atomic mass is 10.1. The SMILES string of the molecule is Cc1ccc(-c2cnc(CCC(=O)OCC(=O)N(C)Cc3ccc(OC(F)F)cc3)o2)cc1. The van der Waals surface area contributed by atoms with E-state index in [-0.39, 0.29) is 25.1 Å². The molecule has 9 heteroatoms. The van der Waals surface area contributed by atoms with Gasteiger partial charge in [-0.25, -0.2) is 4.98 Å². The largest absolute Gasteiger partial charge is 0.456 e. The number of carbonyl (C=O) groups excluding carboxylic acids is 2. The van der Waals surface area contributed by atoms with Gasteiger partial charge < -0.3 is 18.8 Å². The first kappa shape index (κ1) is 23.9. The summed E-state index contributed by atoms with van der Waals surface area (Å²) in [5, 5.41) is 0. The van der Waals surface area contributed by atoms with Crippen molar-refractivity contribution >= 4 is 11.9 Å². The van der Waals surface area contributed by atoms with Crippen LogP contribution in [0.15, 0.2) is 59.1 Å². The number of amides is 1. The van der Waals surface area contributed by atoms with Gasteiger partial charge in [0.15, 0.2) is 18.3 Å². The monoisotopic (exact) mass is 458 g/mol. The summed E-state index contributed by atoms with van der Waals surface area (Å²) in [5.74, 6) is 0.122. The zero-order valence-corrected chi connectivity index (χ0v) is 18.3. The first-order valence-corrected chi connectivity index (χ1v) is 10.3. The molecule has 3 rings (SSSR count). The minimum Gasteiger partial charge on any atom is -0.456 e. The second-order valence-electron chi connectivity index (χ2n) is 7.42. The summed E-state index contributed by atoms with van der Waals surface area (Å²) in [6, 6.07) is 13.8. The topological polar surface area (TPSA) is 81.9 Å². The molecule has 1 aromatic heterocycles. The molecule has 1 heterocycles. The molecule has 0 spiro atoms. The number of oxazole rings is 1. The molecule has 3 aromatic rings. The second kappa shape index (κ2) is 11.2. The molecule has 0 aliphatic heterocycles. The summed E-state index contributed by atoms with van der Waals surface area (Å²) in [4.78, 5) is 29.8. The molecule has 0 N–H and O–H groups in total. The Balaban J connectivity index is 1.40. The average molecular weight is 458 g/mol. The van der Waals surface area contributed by atoms with E-state index in [2.05, 4.69) is 9.72 Å². The van der Waals surface area contributed by atoms with E-state index in [4.69, 9.17) is 9.15 Å². The molecule has 0 unspecified atom stereocenters. The Labute approximate surface area is 189 Å². The van der Waals surface area contributed by atoms with Crippen LogP contribution in [0.1, 0.15) is 23.4 Å². The maximum Gasteiger partial charge on any atom is 0.387 e. The molecule has 0 fully saturated rings. The van der Waals surface area contributed by atoms with E-state index in [1.807, 2.05) is 31.2 Å².